The van der Waals surface area contributed by atoms with E-state index < -0.39 is 0 Å². The summed E-state index contributed by atoms with van der Waals surface area (Å²) >= 11 is 1.87. The van der Waals surface area contributed by atoms with Crippen molar-refractivity contribution < 1.29 is 9.47 Å². The molecule has 5 heteroatoms. The Morgan fingerprint density at radius 3 is 2.69 bits per heavy atom. The molecular formula is C11H20N2O2S. The summed E-state index contributed by atoms with van der Waals surface area (Å²) < 4.78 is 13.9. The average molecular weight is 244 g/mol. The number of hydrogen-bond donors (Lipinski definition) is 0. The van der Waals surface area contributed by atoms with Gasteiger partial charge in [-0.3, -0.25) is 4.90 Å². The van der Waals surface area contributed by atoms with Crippen LogP contribution in [0.5, 0.6) is 0 Å². The van der Waals surface area contributed by atoms with Crippen LogP contribution in [0.3, 0.4) is 0 Å². The van der Waals surface area contributed by atoms with Crippen LogP contribution < -0.4 is 0 Å². The Bertz CT molecular complexity index is 255. The third kappa shape index (κ3) is 2.11. The van der Waals surface area contributed by atoms with Crippen molar-refractivity contribution in [3.8, 4) is 0 Å². The van der Waals surface area contributed by atoms with Crippen LogP contribution in [-0.4, -0.2) is 59.8 Å². The fourth-order valence-corrected chi connectivity index (χ4v) is 4.03. The molecule has 1 spiro atoms. The van der Waals surface area contributed by atoms with Gasteiger partial charge in [0, 0.05) is 26.1 Å². The molecule has 0 amide bonds. The van der Waals surface area contributed by atoms with Crippen LogP contribution in [0.4, 0.5) is 0 Å². The molecule has 92 valence electrons. The Morgan fingerprint density at radius 1 is 1.38 bits per heavy atom. The summed E-state index contributed by atoms with van der Waals surface area (Å²) in [6, 6.07) is 0. The van der Waals surface area contributed by atoms with E-state index in [4.69, 9.17) is 9.47 Å². The highest BCUT2D eigenvalue weighted by molar-refractivity contribution is 7.97. The predicted molar refractivity (Wildman–Crippen MR) is 64.0 cm³/mol. The molecule has 4 nitrogen and oxygen atoms in total. The largest absolute Gasteiger partial charge is 0.369 e. The highest BCUT2D eigenvalue weighted by Gasteiger charge is 2.53. The van der Waals surface area contributed by atoms with Crippen molar-refractivity contribution in [2.45, 2.75) is 36.9 Å². The van der Waals surface area contributed by atoms with E-state index >= 15 is 0 Å². The van der Waals surface area contributed by atoms with Crippen molar-refractivity contribution in [2.24, 2.45) is 0 Å². The lowest BCUT2D eigenvalue weighted by Crippen LogP contribution is -2.68. The van der Waals surface area contributed by atoms with Crippen LogP contribution in [0.1, 0.15) is 19.8 Å². The lowest BCUT2D eigenvalue weighted by Gasteiger charge is -2.57. The Morgan fingerprint density at radius 2 is 2.12 bits per heavy atom. The van der Waals surface area contributed by atoms with Crippen LogP contribution in [0, 0.1) is 0 Å². The Hall–Kier alpha value is 0.190. The van der Waals surface area contributed by atoms with Crippen molar-refractivity contribution >= 4 is 11.9 Å². The van der Waals surface area contributed by atoms with Crippen LogP contribution in [0.15, 0.2) is 0 Å². The van der Waals surface area contributed by atoms with E-state index in [1.165, 1.54) is 6.42 Å². The number of ether oxygens (including phenoxy) is 2. The molecule has 3 rings (SSSR count). The lowest BCUT2D eigenvalue weighted by atomic mass is 9.84. The molecule has 0 aliphatic carbocycles. The van der Waals surface area contributed by atoms with Crippen molar-refractivity contribution in [1.82, 2.24) is 9.21 Å². The van der Waals surface area contributed by atoms with E-state index in [0.29, 0.717) is 11.5 Å². The maximum Gasteiger partial charge on any atom is 0.120 e. The van der Waals surface area contributed by atoms with E-state index in [0.717, 1.165) is 32.8 Å². The summed E-state index contributed by atoms with van der Waals surface area (Å²) in [5, 5.41) is 0. The van der Waals surface area contributed by atoms with E-state index in [1.54, 1.807) is 0 Å². The Labute approximate surface area is 101 Å². The highest BCUT2D eigenvalue weighted by atomic mass is 32.2. The Kier molecular flexibility index (Phi) is 2.92. The van der Waals surface area contributed by atoms with Crippen LogP contribution in [0.2, 0.25) is 0 Å². The van der Waals surface area contributed by atoms with Crippen molar-refractivity contribution in [2.75, 3.05) is 33.4 Å². The predicted octanol–water partition coefficient (Wildman–Crippen LogP) is 1.13. The summed E-state index contributed by atoms with van der Waals surface area (Å²) in [5.74, 6) is 0. The number of nitrogens with zero attached hydrogens (tertiary/aromatic N) is 2. The molecule has 0 aromatic rings. The fraction of sp³-hybridized carbons (Fsp3) is 1.00. The first-order valence-corrected chi connectivity index (χ1v) is 6.89. The average Bonchev–Trinajstić information content (AvgIpc) is 2.16. The van der Waals surface area contributed by atoms with Gasteiger partial charge in [0.15, 0.2) is 0 Å². The molecule has 16 heavy (non-hydrogen) atoms. The number of rotatable bonds is 2. The van der Waals surface area contributed by atoms with Crippen LogP contribution >= 0.6 is 11.9 Å². The van der Waals surface area contributed by atoms with Gasteiger partial charge < -0.3 is 9.47 Å². The van der Waals surface area contributed by atoms with E-state index in [1.807, 2.05) is 11.9 Å². The SMILES string of the molecule is CC1CC2(CN(SC3CCN(C)CO3)C2)O1. The third-order valence-electron chi connectivity index (χ3n) is 3.53. The van der Waals surface area contributed by atoms with Gasteiger partial charge in [0.05, 0.1) is 11.7 Å². The summed E-state index contributed by atoms with van der Waals surface area (Å²) in [5.41, 5.74) is 0.573. The van der Waals surface area contributed by atoms with E-state index in [2.05, 4.69) is 23.2 Å². The minimum Gasteiger partial charge on any atom is -0.369 e. The second kappa shape index (κ2) is 4.14. The van der Waals surface area contributed by atoms with Gasteiger partial charge >= 0.3 is 0 Å². The van der Waals surface area contributed by atoms with Crippen molar-refractivity contribution in [1.29, 1.82) is 0 Å². The smallest absolute Gasteiger partial charge is 0.120 e. The second-order valence-corrected chi connectivity index (χ2v) is 6.57. The van der Waals surface area contributed by atoms with Crippen molar-refractivity contribution in [3.63, 3.8) is 0 Å². The zero-order valence-corrected chi connectivity index (χ0v) is 10.8. The molecule has 0 radical (unpaired) electrons. The first-order chi connectivity index (χ1) is 7.65. The Balaban J connectivity index is 1.38. The molecule has 3 aliphatic heterocycles. The molecule has 3 heterocycles. The minimum atomic E-state index is 0.220. The molecule has 3 saturated heterocycles. The van der Waals surface area contributed by atoms with Gasteiger partial charge in [0.1, 0.15) is 12.2 Å². The molecule has 3 fully saturated rings. The van der Waals surface area contributed by atoms with E-state index in [-0.39, 0.29) is 5.60 Å². The molecule has 0 aromatic carbocycles. The maximum atomic E-state index is 5.79. The van der Waals surface area contributed by atoms with Gasteiger partial charge in [-0.1, -0.05) is 0 Å². The molecule has 0 saturated carbocycles. The number of hydrogen-bond acceptors (Lipinski definition) is 5. The topological polar surface area (TPSA) is 24.9 Å². The molecule has 2 atom stereocenters. The first-order valence-electron chi connectivity index (χ1n) is 6.05. The van der Waals surface area contributed by atoms with E-state index in [9.17, 15) is 0 Å². The normalized spacial score (nSPS) is 39.4. The molecule has 0 aromatic heterocycles. The zero-order chi connectivity index (χ0) is 11.2. The van der Waals surface area contributed by atoms with Gasteiger partial charge in [-0.2, -0.15) is 0 Å². The molecule has 0 bridgehead atoms. The fourth-order valence-electron chi connectivity index (χ4n) is 2.75. The standard InChI is InChI=1S/C11H20N2O2S/c1-9-5-11(15-9)6-13(7-11)16-10-3-4-12(2)8-14-10/h9-10H,3-8H2,1-2H3. The second-order valence-electron chi connectivity index (χ2n) is 5.31. The van der Waals surface area contributed by atoms with Crippen LogP contribution in [0.25, 0.3) is 0 Å². The minimum absolute atomic E-state index is 0.220. The third-order valence-corrected chi connectivity index (χ3v) is 4.70. The molecule has 2 unspecified atom stereocenters. The highest BCUT2D eigenvalue weighted by Crippen LogP contribution is 2.44. The zero-order valence-electron chi connectivity index (χ0n) is 10.0. The van der Waals surface area contributed by atoms with Crippen LogP contribution in [-0.2, 0) is 9.47 Å². The maximum absolute atomic E-state index is 5.79. The summed E-state index contributed by atoms with van der Waals surface area (Å²) in [6.07, 6.45) is 2.84. The van der Waals surface area contributed by atoms with Gasteiger partial charge in [-0.15, -0.1) is 0 Å². The molecular weight excluding hydrogens is 224 g/mol. The summed E-state index contributed by atoms with van der Waals surface area (Å²) in [4.78, 5) is 2.21. The summed E-state index contributed by atoms with van der Waals surface area (Å²) in [6.45, 7) is 6.23. The monoisotopic (exact) mass is 244 g/mol. The van der Waals surface area contributed by atoms with Crippen molar-refractivity contribution in [3.05, 3.63) is 0 Å². The summed E-state index contributed by atoms with van der Waals surface area (Å²) in [7, 11) is 2.10. The van der Waals surface area contributed by atoms with Gasteiger partial charge in [0.2, 0.25) is 0 Å². The van der Waals surface area contributed by atoms with Gasteiger partial charge in [-0.25, -0.2) is 4.31 Å². The molecule has 3 aliphatic rings. The van der Waals surface area contributed by atoms with Gasteiger partial charge in [-0.05, 0) is 32.3 Å². The van der Waals surface area contributed by atoms with Gasteiger partial charge in [0.25, 0.3) is 0 Å². The lowest BCUT2D eigenvalue weighted by molar-refractivity contribution is -0.241. The first kappa shape index (κ1) is 11.3. The molecule has 0 N–H and O–H groups in total. The quantitative estimate of drug-likeness (QED) is 0.678.